The minimum absolute atomic E-state index is 0.0295. The molecule has 2 atom stereocenters. The Balaban J connectivity index is 1.44. The fraction of sp³-hybridized carbons (Fsp3) is 0.600. The van der Waals surface area contributed by atoms with Crippen LogP contribution in [0, 0.1) is 11.8 Å². The molecule has 3 aliphatic heterocycles. The van der Waals surface area contributed by atoms with E-state index in [1.165, 1.54) is 6.07 Å². The van der Waals surface area contributed by atoms with Gasteiger partial charge in [0.2, 0.25) is 11.8 Å². The number of benzene rings is 1. The maximum absolute atomic E-state index is 12.9. The first-order valence-corrected chi connectivity index (χ1v) is 9.94. The molecule has 4 fully saturated rings. The zero-order valence-electron chi connectivity index (χ0n) is 14.9. The zero-order chi connectivity index (χ0) is 18.3. The van der Waals surface area contributed by atoms with Gasteiger partial charge in [-0.05, 0) is 49.3 Å². The zero-order valence-corrected chi connectivity index (χ0v) is 15.6. The van der Waals surface area contributed by atoms with E-state index in [1.807, 2.05) is 9.80 Å². The second-order valence-electron chi connectivity index (χ2n) is 7.98. The largest absolute Gasteiger partial charge is 0.506 e. The van der Waals surface area contributed by atoms with Crippen LogP contribution in [0.2, 0.25) is 5.02 Å². The van der Waals surface area contributed by atoms with Crippen molar-refractivity contribution in [3.05, 3.63) is 28.8 Å². The van der Waals surface area contributed by atoms with Crippen LogP contribution in [0.5, 0.6) is 5.75 Å². The van der Waals surface area contributed by atoms with Crippen molar-refractivity contribution in [3.8, 4) is 5.75 Å². The summed E-state index contributed by atoms with van der Waals surface area (Å²) in [7, 11) is 0. The number of phenols is 1. The molecule has 0 aromatic heterocycles. The number of phenolic OH excluding ortho intramolecular Hbond substituents is 1. The van der Waals surface area contributed by atoms with Gasteiger partial charge >= 0.3 is 0 Å². The number of rotatable bonds is 3. The Hall–Kier alpha value is -1.75. The summed E-state index contributed by atoms with van der Waals surface area (Å²) in [4.78, 5) is 29.6. The molecule has 1 aromatic rings. The minimum Gasteiger partial charge on any atom is -0.506 e. The topological polar surface area (TPSA) is 60.9 Å². The molecular weight excluding hydrogens is 352 g/mol. The number of nitrogens with zero attached hydrogens (tertiary/aromatic N) is 2. The molecule has 3 saturated heterocycles. The molecule has 1 aliphatic carbocycles. The van der Waals surface area contributed by atoms with Crippen molar-refractivity contribution in [3.63, 3.8) is 0 Å². The number of carbonyl (C=O) groups is 2. The van der Waals surface area contributed by atoms with Gasteiger partial charge in [-0.1, -0.05) is 24.1 Å². The number of aromatic hydroxyl groups is 1. The molecule has 1 N–H and O–H groups in total. The van der Waals surface area contributed by atoms with Gasteiger partial charge in [-0.2, -0.15) is 0 Å². The number of amides is 2. The van der Waals surface area contributed by atoms with Crippen LogP contribution in [0.25, 0.3) is 0 Å². The van der Waals surface area contributed by atoms with E-state index in [9.17, 15) is 14.7 Å². The summed E-state index contributed by atoms with van der Waals surface area (Å²) < 4.78 is 0. The van der Waals surface area contributed by atoms with Crippen LogP contribution >= 0.6 is 11.6 Å². The molecule has 2 bridgehead atoms. The smallest absolute Gasteiger partial charge is 0.227 e. The fourth-order valence-corrected chi connectivity index (χ4v) is 4.62. The van der Waals surface area contributed by atoms with E-state index >= 15 is 0 Å². The van der Waals surface area contributed by atoms with Gasteiger partial charge in [0.25, 0.3) is 0 Å². The quantitative estimate of drug-likeness (QED) is 0.882. The van der Waals surface area contributed by atoms with E-state index in [-0.39, 0.29) is 35.1 Å². The predicted octanol–water partition coefficient (Wildman–Crippen LogP) is 2.84. The van der Waals surface area contributed by atoms with Crippen molar-refractivity contribution >= 4 is 23.4 Å². The Morgan fingerprint density at radius 3 is 2.62 bits per heavy atom. The number of halogens is 1. The Kier molecular flexibility index (Phi) is 4.82. The maximum Gasteiger partial charge on any atom is 0.227 e. The first-order valence-electron chi connectivity index (χ1n) is 9.57. The Morgan fingerprint density at radius 1 is 1.12 bits per heavy atom. The highest BCUT2D eigenvalue weighted by molar-refractivity contribution is 6.32. The van der Waals surface area contributed by atoms with Gasteiger partial charge in [-0.25, -0.2) is 0 Å². The van der Waals surface area contributed by atoms with Crippen molar-refractivity contribution in [1.82, 2.24) is 9.80 Å². The highest BCUT2D eigenvalue weighted by atomic mass is 35.5. The number of fused-ring (bicyclic) bond motifs is 4. The number of hydrogen-bond acceptors (Lipinski definition) is 3. The van der Waals surface area contributed by atoms with Gasteiger partial charge in [-0.15, -0.1) is 0 Å². The molecule has 1 aromatic carbocycles. The van der Waals surface area contributed by atoms with Crippen LogP contribution in [-0.2, 0) is 16.0 Å². The summed E-state index contributed by atoms with van der Waals surface area (Å²) in [5.74, 6) is 1.01. The second kappa shape index (κ2) is 7.10. The van der Waals surface area contributed by atoms with Gasteiger partial charge in [0.1, 0.15) is 5.75 Å². The molecule has 5 rings (SSSR count). The number of hydrogen-bond donors (Lipinski definition) is 1. The predicted molar refractivity (Wildman–Crippen MR) is 99.0 cm³/mol. The maximum atomic E-state index is 12.9. The molecule has 2 amide bonds. The molecule has 140 valence electrons. The van der Waals surface area contributed by atoms with Gasteiger partial charge in [0.05, 0.1) is 11.4 Å². The van der Waals surface area contributed by atoms with Crippen molar-refractivity contribution < 1.29 is 14.7 Å². The first kappa shape index (κ1) is 17.7. The summed E-state index contributed by atoms with van der Waals surface area (Å²) in [6, 6.07) is 5.04. The molecular formula is C20H25ClN2O3. The normalized spacial score (nSPS) is 25.7. The highest BCUT2D eigenvalue weighted by Gasteiger charge is 2.40. The van der Waals surface area contributed by atoms with E-state index < -0.39 is 0 Å². The van der Waals surface area contributed by atoms with E-state index in [2.05, 4.69) is 0 Å². The van der Waals surface area contributed by atoms with Crippen molar-refractivity contribution in [2.24, 2.45) is 11.8 Å². The molecule has 5 nitrogen and oxygen atoms in total. The van der Waals surface area contributed by atoms with Gasteiger partial charge < -0.3 is 14.9 Å². The lowest BCUT2D eigenvalue weighted by Crippen LogP contribution is -2.48. The van der Waals surface area contributed by atoms with Gasteiger partial charge in [0.15, 0.2) is 0 Å². The summed E-state index contributed by atoms with van der Waals surface area (Å²) in [6.07, 6.45) is 5.55. The Bertz CT molecular complexity index is 719. The molecule has 0 radical (unpaired) electrons. The lowest BCUT2D eigenvalue weighted by atomic mass is 9.84. The van der Waals surface area contributed by atoms with Crippen LogP contribution in [-0.4, -0.2) is 52.4 Å². The lowest BCUT2D eigenvalue weighted by molar-refractivity contribution is -0.139. The average molecular weight is 377 g/mol. The van der Waals surface area contributed by atoms with Crippen LogP contribution in [0.1, 0.15) is 37.7 Å². The molecule has 3 heterocycles. The number of piperidine rings is 1. The molecule has 26 heavy (non-hydrogen) atoms. The van der Waals surface area contributed by atoms with Crippen molar-refractivity contribution in [2.75, 3.05) is 19.6 Å². The number of carbonyl (C=O) groups excluding carboxylic acids is 2. The standard InChI is InChI=1S/C20H25ClN2O3/c21-17-8-13(5-7-18(17)24)9-19(25)23-11-14-4-6-16(23)12-22(10-14)20(26)15-2-1-3-15/h5,7-8,14-16,24H,1-4,6,9-12H2/t14-,16+/m0/s1. The van der Waals surface area contributed by atoms with E-state index in [4.69, 9.17) is 11.6 Å². The van der Waals surface area contributed by atoms with Gasteiger partial charge in [0, 0.05) is 31.6 Å². The summed E-state index contributed by atoms with van der Waals surface area (Å²) in [5, 5.41) is 9.80. The second-order valence-corrected chi connectivity index (χ2v) is 8.38. The van der Waals surface area contributed by atoms with E-state index in [1.54, 1.807) is 12.1 Å². The third kappa shape index (κ3) is 3.41. The molecule has 1 saturated carbocycles. The minimum atomic E-state index is 0.0295. The lowest BCUT2D eigenvalue weighted by Gasteiger charge is -2.36. The first-order chi connectivity index (χ1) is 12.5. The summed E-state index contributed by atoms with van der Waals surface area (Å²) >= 11 is 5.96. The monoisotopic (exact) mass is 376 g/mol. The Labute approximate surface area is 158 Å². The fourth-order valence-electron chi connectivity index (χ4n) is 4.42. The third-order valence-electron chi connectivity index (χ3n) is 6.17. The summed E-state index contributed by atoms with van der Waals surface area (Å²) in [5.41, 5.74) is 0.806. The van der Waals surface area contributed by atoms with Crippen LogP contribution < -0.4 is 0 Å². The van der Waals surface area contributed by atoms with Crippen LogP contribution in [0.15, 0.2) is 18.2 Å². The molecule has 6 heteroatoms. The van der Waals surface area contributed by atoms with E-state index in [0.29, 0.717) is 18.4 Å². The SMILES string of the molecule is O=C(C1CCC1)N1C[C@@H]2CC[C@H](C1)N(C(=O)Cc1ccc(O)c(Cl)c1)C2. The van der Waals surface area contributed by atoms with Crippen LogP contribution in [0.4, 0.5) is 0 Å². The van der Waals surface area contributed by atoms with Crippen LogP contribution in [0.3, 0.4) is 0 Å². The van der Waals surface area contributed by atoms with Gasteiger partial charge in [-0.3, -0.25) is 9.59 Å². The van der Waals surface area contributed by atoms with Crippen molar-refractivity contribution in [2.45, 2.75) is 44.6 Å². The molecule has 0 spiro atoms. The van der Waals surface area contributed by atoms with E-state index in [0.717, 1.165) is 50.8 Å². The Morgan fingerprint density at radius 2 is 1.92 bits per heavy atom. The highest BCUT2D eigenvalue weighted by Crippen LogP contribution is 2.33. The third-order valence-corrected chi connectivity index (χ3v) is 6.47. The average Bonchev–Trinajstić information content (AvgIpc) is 2.88. The summed E-state index contributed by atoms with van der Waals surface area (Å²) in [6.45, 7) is 2.21. The van der Waals surface area contributed by atoms with Crippen molar-refractivity contribution in [1.29, 1.82) is 0 Å². The molecule has 0 unspecified atom stereocenters. The molecule has 4 aliphatic rings.